The van der Waals surface area contributed by atoms with Gasteiger partial charge in [0.25, 0.3) is 0 Å². The van der Waals surface area contributed by atoms with Crippen LogP contribution in [0.15, 0.2) is 36.7 Å². The number of rotatable bonds is 6. The lowest BCUT2D eigenvalue weighted by Gasteiger charge is -2.35. The van der Waals surface area contributed by atoms with Gasteiger partial charge in [0.1, 0.15) is 23.6 Å². The van der Waals surface area contributed by atoms with E-state index < -0.39 is 0 Å². The SMILES string of the molecule is Cc1[nH]nc(C(=O)Cc2cnc3[nH]c(-c4ccnc(N5CCN(C(=O)CC#N)CC5)c4)cc3c2)c1C. The Bertz CT molecular complexity index is 1490. The number of aryl methyl sites for hydroxylation is 1. The lowest BCUT2D eigenvalue weighted by Crippen LogP contribution is -2.48. The zero-order chi connectivity index (χ0) is 25.2. The predicted molar refractivity (Wildman–Crippen MR) is 134 cm³/mol. The van der Waals surface area contributed by atoms with Gasteiger partial charge in [-0.05, 0) is 43.7 Å². The first-order valence-corrected chi connectivity index (χ1v) is 11.8. The minimum Gasteiger partial charge on any atom is -0.353 e. The van der Waals surface area contributed by atoms with Gasteiger partial charge < -0.3 is 14.8 Å². The molecule has 10 heteroatoms. The number of nitrogens with zero attached hydrogens (tertiary/aromatic N) is 6. The number of nitriles is 1. The Balaban J connectivity index is 1.31. The summed E-state index contributed by atoms with van der Waals surface area (Å²) in [5.74, 6) is 0.671. The van der Waals surface area contributed by atoms with Gasteiger partial charge in [0.2, 0.25) is 5.91 Å². The van der Waals surface area contributed by atoms with E-state index in [2.05, 4.69) is 30.0 Å². The number of nitrogens with one attached hydrogen (secondary N) is 2. The quantitative estimate of drug-likeness (QED) is 0.403. The number of pyridine rings is 2. The number of aromatic amines is 2. The number of ketones is 1. The fourth-order valence-electron chi connectivity index (χ4n) is 4.46. The topological polar surface area (TPSA) is 135 Å². The van der Waals surface area contributed by atoms with Gasteiger partial charge in [-0.1, -0.05) is 0 Å². The summed E-state index contributed by atoms with van der Waals surface area (Å²) in [5.41, 5.74) is 5.71. The molecule has 1 aliphatic rings. The van der Waals surface area contributed by atoms with Crippen molar-refractivity contribution in [1.82, 2.24) is 30.0 Å². The molecule has 182 valence electrons. The zero-order valence-electron chi connectivity index (χ0n) is 20.2. The fraction of sp³-hybridized carbons (Fsp3) is 0.308. The second-order valence-corrected chi connectivity index (χ2v) is 8.99. The maximum atomic E-state index is 12.7. The number of hydrogen-bond acceptors (Lipinski definition) is 7. The average Bonchev–Trinajstić information content (AvgIpc) is 3.47. The second kappa shape index (κ2) is 9.62. The van der Waals surface area contributed by atoms with E-state index in [0.29, 0.717) is 31.9 Å². The van der Waals surface area contributed by atoms with Crippen LogP contribution in [-0.2, 0) is 11.2 Å². The van der Waals surface area contributed by atoms with Crippen molar-refractivity contribution < 1.29 is 9.59 Å². The molecule has 0 unspecified atom stereocenters. The molecule has 0 aliphatic carbocycles. The minimum atomic E-state index is -0.125. The molecule has 5 heterocycles. The first kappa shape index (κ1) is 23.2. The van der Waals surface area contributed by atoms with Crippen molar-refractivity contribution >= 4 is 28.5 Å². The Morgan fingerprint density at radius 3 is 2.64 bits per heavy atom. The molecular formula is C26H26N8O2. The number of aromatic nitrogens is 5. The summed E-state index contributed by atoms with van der Waals surface area (Å²) in [5, 5.41) is 16.7. The van der Waals surface area contributed by atoms with Gasteiger partial charge in [0, 0.05) is 72.9 Å². The largest absolute Gasteiger partial charge is 0.353 e. The van der Waals surface area contributed by atoms with E-state index in [1.165, 1.54) is 0 Å². The molecule has 0 radical (unpaired) electrons. The number of Topliss-reactive ketones (excluding diaryl/α,β-unsaturated/α-hetero) is 1. The van der Waals surface area contributed by atoms with Gasteiger partial charge >= 0.3 is 0 Å². The number of carbonyl (C=O) groups excluding carboxylic acids is 2. The molecule has 1 aliphatic heterocycles. The van der Waals surface area contributed by atoms with E-state index in [1.54, 1.807) is 17.3 Å². The second-order valence-electron chi connectivity index (χ2n) is 8.99. The van der Waals surface area contributed by atoms with E-state index in [9.17, 15) is 9.59 Å². The summed E-state index contributed by atoms with van der Waals surface area (Å²) in [6, 6.07) is 9.88. The molecular weight excluding hydrogens is 456 g/mol. The van der Waals surface area contributed by atoms with Gasteiger partial charge in [-0.15, -0.1) is 0 Å². The Labute approximate surface area is 208 Å². The van der Waals surface area contributed by atoms with E-state index in [-0.39, 0.29) is 24.5 Å². The molecule has 4 aromatic rings. The third-order valence-corrected chi connectivity index (χ3v) is 6.65. The van der Waals surface area contributed by atoms with E-state index in [4.69, 9.17) is 5.26 Å². The highest BCUT2D eigenvalue weighted by Gasteiger charge is 2.22. The summed E-state index contributed by atoms with van der Waals surface area (Å²) >= 11 is 0. The highest BCUT2D eigenvalue weighted by molar-refractivity contribution is 5.97. The molecule has 0 bridgehead atoms. The number of carbonyl (C=O) groups is 2. The van der Waals surface area contributed by atoms with Crippen LogP contribution in [0.2, 0.25) is 0 Å². The van der Waals surface area contributed by atoms with Crippen LogP contribution in [0.3, 0.4) is 0 Å². The number of anilines is 1. The van der Waals surface area contributed by atoms with Gasteiger partial charge in [-0.3, -0.25) is 14.7 Å². The Hall–Kier alpha value is -4.52. The number of H-pyrrole nitrogens is 2. The number of amides is 1. The molecule has 5 rings (SSSR count). The highest BCUT2D eigenvalue weighted by atomic mass is 16.2. The maximum absolute atomic E-state index is 12.7. The lowest BCUT2D eigenvalue weighted by atomic mass is 10.0. The van der Waals surface area contributed by atoms with Gasteiger partial charge in [0.05, 0.1) is 6.07 Å². The summed E-state index contributed by atoms with van der Waals surface area (Å²) < 4.78 is 0. The summed E-state index contributed by atoms with van der Waals surface area (Å²) in [7, 11) is 0. The van der Waals surface area contributed by atoms with Crippen molar-refractivity contribution in [2.24, 2.45) is 0 Å². The van der Waals surface area contributed by atoms with Crippen LogP contribution in [0.4, 0.5) is 5.82 Å². The third kappa shape index (κ3) is 4.55. The predicted octanol–water partition coefficient (Wildman–Crippen LogP) is 2.95. The fourth-order valence-corrected chi connectivity index (χ4v) is 4.46. The zero-order valence-corrected chi connectivity index (χ0v) is 20.2. The molecule has 10 nitrogen and oxygen atoms in total. The van der Waals surface area contributed by atoms with Crippen molar-refractivity contribution in [1.29, 1.82) is 5.26 Å². The van der Waals surface area contributed by atoms with E-state index in [1.807, 2.05) is 44.2 Å². The summed E-state index contributed by atoms with van der Waals surface area (Å²) in [4.78, 5) is 41.0. The first-order chi connectivity index (χ1) is 17.4. The average molecular weight is 483 g/mol. The van der Waals surface area contributed by atoms with E-state index in [0.717, 1.165) is 44.9 Å². The molecule has 4 aromatic heterocycles. The smallest absolute Gasteiger partial charge is 0.236 e. The first-order valence-electron chi connectivity index (χ1n) is 11.8. The molecule has 0 atom stereocenters. The monoisotopic (exact) mass is 482 g/mol. The van der Waals surface area contributed by atoms with Crippen molar-refractivity contribution in [3.8, 4) is 17.3 Å². The number of piperazine rings is 1. The maximum Gasteiger partial charge on any atom is 0.236 e. The lowest BCUT2D eigenvalue weighted by molar-refractivity contribution is -0.130. The van der Waals surface area contributed by atoms with Crippen molar-refractivity contribution in [2.45, 2.75) is 26.7 Å². The highest BCUT2D eigenvalue weighted by Crippen LogP contribution is 2.27. The summed E-state index contributed by atoms with van der Waals surface area (Å²) in [6.45, 7) is 6.26. The Morgan fingerprint density at radius 1 is 1.11 bits per heavy atom. The molecule has 0 aromatic carbocycles. The molecule has 0 saturated carbocycles. The molecule has 2 N–H and O–H groups in total. The van der Waals surface area contributed by atoms with E-state index >= 15 is 0 Å². The Morgan fingerprint density at radius 2 is 1.92 bits per heavy atom. The molecule has 1 fully saturated rings. The van der Waals surface area contributed by atoms with Gasteiger partial charge in [-0.2, -0.15) is 10.4 Å². The van der Waals surface area contributed by atoms with Gasteiger partial charge in [0.15, 0.2) is 5.78 Å². The molecule has 36 heavy (non-hydrogen) atoms. The van der Waals surface area contributed by atoms with Crippen LogP contribution in [0.25, 0.3) is 22.3 Å². The number of hydrogen-bond donors (Lipinski definition) is 2. The molecule has 0 spiro atoms. The van der Waals surface area contributed by atoms with Crippen LogP contribution >= 0.6 is 0 Å². The summed E-state index contributed by atoms with van der Waals surface area (Å²) in [6.07, 6.45) is 3.65. The Kier molecular flexibility index (Phi) is 6.21. The van der Waals surface area contributed by atoms with Crippen LogP contribution in [0.1, 0.15) is 33.7 Å². The minimum absolute atomic E-state index is 0.0399. The van der Waals surface area contributed by atoms with Gasteiger partial charge in [-0.25, -0.2) is 9.97 Å². The third-order valence-electron chi connectivity index (χ3n) is 6.65. The normalized spacial score (nSPS) is 13.7. The van der Waals surface area contributed by atoms with Crippen LogP contribution in [0.5, 0.6) is 0 Å². The number of fused-ring (bicyclic) bond motifs is 1. The van der Waals surface area contributed by atoms with Crippen molar-refractivity contribution in [3.05, 3.63) is 59.2 Å². The van der Waals surface area contributed by atoms with Crippen LogP contribution in [0, 0.1) is 25.2 Å². The van der Waals surface area contributed by atoms with Crippen LogP contribution < -0.4 is 4.90 Å². The van der Waals surface area contributed by atoms with Crippen molar-refractivity contribution in [3.63, 3.8) is 0 Å². The standard InChI is InChI=1S/C26H26N8O2/c1-16-17(2)31-32-25(16)22(35)12-18-11-20-13-21(30-26(20)29-15-18)19-4-6-28-23(14-19)33-7-9-34(10-8-33)24(36)3-5-27/h4,6,11,13-15H,3,7-10,12H2,1-2H3,(H,29,30)(H,31,32). The molecule has 1 amide bonds. The molecule has 1 saturated heterocycles. The van der Waals surface area contributed by atoms with Crippen LogP contribution in [-0.4, -0.2) is 67.9 Å². The van der Waals surface area contributed by atoms with Crippen molar-refractivity contribution in [2.75, 3.05) is 31.1 Å².